The van der Waals surface area contributed by atoms with Gasteiger partial charge in [-0.1, -0.05) is 12.1 Å². The molecule has 2 N–H and O–H groups in total. The van der Waals surface area contributed by atoms with Crippen LogP contribution in [0.25, 0.3) is 11.1 Å². The Morgan fingerprint density at radius 3 is 2.71 bits per heavy atom. The maximum Gasteiger partial charge on any atom is 0.220 e. The fraction of sp³-hybridized carbons (Fsp3) is 0. The Labute approximate surface area is 81.2 Å². The Morgan fingerprint density at radius 2 is 2.00 bits per heavy atom. The molecule has 0 aliphatic carbocycles. The van der Waals surface area contributed by atoms with Crippen LogP contribution in [0.2, 0.25) is 0 Å². The second kappa shape index (κ2) is 3.46. The van der Waals surface area contributed by atoms with E-state index in [1.54, 1.807) is 36.4 Å². The van der Waals surface area contributed by atoms with Gasteiger partial charge in [0.1, 0.15) is 0 Å². The largest absolute Gasteiger partial charge is 0.399 e. The standard InChI is InChI=1S/C11H9FN2/c12-11-10(5-2-6-14-11)8-3-1-4-9(13)7-8/h1-7H,13H2. The zero-order valence-corrected chi connectivity index (χ0v) is 7.44. The highest BCUT2D eigenvalue weighted by atomic mass is 19.1. The second-order valence-electron chi connectivity index (χ2n) is 2.97. The van der Waals surface area contributed by atoms with Crippen molar-refractivity contribution in [3.63, 3.8) is 0 Å². The summed E-state index contributed by atoms with van der Waals surface area (Å²) in [5.74, 6) is -0.474. The van der Waals surface area contributed by atoms with Gasteiger partial charge in [-0.3, -0.25) is 0 Å². The monoisotopic (exact) mass is 188 g/mol. The summed E-state index contributed by atoms with van der Waals surface area (Å²) in [5, 5.41) is 0. The lowest BCUT2D eigenvalue weighted by Crippen LogP contribution is -1.89. The maximum atomic E-state index is 13.3. The minimum atomic E-state index is -0.474. The normalized spacial score (nSPS) is 10.1. The third-order valence-electron chi connectivity index (χ3n) is 1.96. The van der Waals surface area contributed by atoms with Crippen LogP contribution in [-0.4, -0.2) is 4.98 Å². The van der Waals surface area contributed by atoms with E-state index in [0.29, 0.717) is 11.3 Å². The molecular formula is C11H9FN2. The summed E-state index contributed by atoms with van der Waals surface area (Å²) in [6.07, 6.45) is 1.42. The van der Waals surface area contributed by atoms with E-state index in [4.69, 9.17) is 5.73 Å². The first-order valence-corrected chi connectivity index (χ1v) is 4.24. The highest BCUT2D eigenvalue weighted by Gasteiger charge is 2.04. The van der Waals surface area contributed by atoms with E-state index in [1.807, 2.05) is 0 Å². The average Bonchev–Trinajstić information content (AvgIpc) is 2.18. The zero-order valence-electron chi connectivity index (χ0n) is 7.44. The fourth-order valence-electron chi connectivity index (χ4n) is 1.31. The highest BCUT2D eigenvalue weighted by Crippen LogP contribution is 2.22. The van der Waals surface area contributed by atoms with E-state index in [9.17, 15) is 4.39 Å². The van der Waals surface area contributed by atoms with Gasteiger partial charge in [0.05, 0.1) is 0 Å². The van der Waals surface area contributed by atoms with Gasteiger partial charge < -0.3 is 5.73 Å². The van der Waals surface area contributed by atoms with Crippen LogP contribution in [-0.2, 0) is 0 Å². The topological polar surface area (TPSA) is 38.9 Å². The number of nitrogens with two attached hydrogens (primary N) is 1. The Kier molecular flexibility index (Phi) is 2.14. The lowest BCUT2D eigenvalue weighted by Gasteiger charge is -2.02. The summed E-state index contributed by atoms with van der Waals surface area (Å²) in [6, 6.07) is 10.4. The molecule has 2 rings (SSSR count). The van der Waals surface area contributed by atoms with Gasteiger partial charge in [0.15, 0.2) is 0 Å². The molecule has 3 heteroatoms. The number of nitrogen functional groups attached to an aromatic ring is 1. The average molecular weight is 188 g/mol. The van der Waals surface area contributed by atoms with Gasteiger partial charge in [0, 0.05) is 17.4 Å². The van der Waals surface area contributed by atoms with Crippen molar-refractivity contribution in [2.24, 2.45) is 0 Å². The van der Waals surface area contributed by atoms with Crippen molar-refractivity contribution in [1.82, 2.24) is 4.98 Å². The first kappa shape index (κ1) is 8.69. The van der Waals surface area contributed by atoms with Crippen LogP contribution < -0.4 is 5.73 Å². The van der Waals surface area contributed by atoms with Gasteiger partial charge in [0.2, 0.25) is 5.95 Å². The van der Waals surface area contributed by atoms with E-state index in [1.165, 1.54) is 6.20 Å². The number of aromatic nitrogens is 1. The molecule has 70 valence electrons. The molecule has 2 aromatic rings. The molecule has 0 aliphatic rings. The van der Waals surface area contributed by atoms with Crippen LogP contribution in [0.5, 0.6) is 0 Å². The number of anilines is 1. The summed E-state index contributed by atoms with van der Waals surface area (Å²) < 4.78 is 13.3. The summed E-state index contributed by atoms with van der Waals surface area (Å²) in [5.41, 5.74) is 7.44. The fourth-order valence-corrected chi connectivity index (χ4v) is 1.31. The lowest BCUT2D eigenvalue weighted by molar-refractivity contribution is 0.587. The summed E-state index contributed by atoms with van der Waals surface area (Å²) >= 11 is 0. The quantitative estimate of drug-likeness (QED) is 0.551. The van der Waals surface area contributed by atoms with E-state index >= 15 is 0 Å². The van der Waals surface area contributed by atoms with Crippen molar-refractivity contribution < 1.29 is 4.39 Å². The zero-order chi connectivity index (χ0) is 9.97. The molecule has 14 heavy (non-hydrogen) atoms. The predicted molar refractivity (Wildman–Crippen MR) is 54.0 cm³/mol. The molecule has 0 atom stereocenters. The first-order chi connectivity index (χ1) is 6.77. The molecule has 0 bridgehead atoms. The van der Waals surface area contributed by atoms with E-state index in [-0.39, 0.29) is 0 Å². The molecule has 1 aromatic carbocycles. The molecule has 0 radical (unpaired) electrons. The Bertz CT molecular complexity index is 455. The number of pyridine rings is 1. The molecule has 0 aliphatic heterocycles. The Balaban J connectivity index is 2.55. The molecule has 2 nitrogen and oxygen atoms in total. The van der Waals surface area contributed by atoms with Crippen molar-refractivity contribution in [2.45, 2.75) is 0 Å². The van der Waals surface area contributed by atoms with Gasteiger partial charge >= 0.3 is 0 Å². The number of hydrogen-bond donors (Lipinski definition) is 1. The van der Waals surface area contributed by atoms with Crippen molar-refractivity contribution in [1.29, 1.82) is 0 Å². The van der Waals surface area contributed by atoms with E-state index in [0.717, 1.165) is 5.56 Å². The van der Waals surface area contributed by atoms with Crippen LogP contribution in [0.4, 0.5) is 10.1 Å². The number of benzene rings is 1. The second-order valence-corrected chi connectivity index (χ2v) is 2.97. The molecule has 0 unspecified atom stereocenters. The SMILES string of the molecule is Nc1cccc(-c2cccnc2F)c1. The predicted octanol–water partition coefficient (Wildman–Crippen LogP) is 2.47. The molecule has 1 aromatic heterocycles. The molecule has 0 saturated heterocycles. The van der Waals surface area contributed by atoms with Crippen molar-refractivity contribution in [3.8, 4) is 11.1 Å². The molecule has 0 amide bonds. The van der Waals surface area contributed by atoms with Crippen LogP contribution in [0.3, 0.4) is 0 Å². The number of halogens is 1. The summed E-state index contributed by atoms with van der Waals surface area (Å²) in [6.45, 7) is 0. The molecule has 0 fully saturated rings. The van der Waals surface area contributed by atoms with Gasteiger partial charge in [-0.05, 0) is 29.8 Å². The van der Waals surface area contributed by atoms with Gasteiger partial charge in [-0.2, -0.15) is 4.39 Å². The van der Waals surface area contributed by atoms with Crippen LogP contribution >= 0.6 is 0 Å². The summed E-state index contributed by atoms with van der Waals surface area (Å²) in [4.78, 5) is 3.58. The van der Waals surface area contributed by atoms with Gasteiger partial charge in [-0.25, -0.2) is 4.98 Å². The van der Waals surface area contributed by atoms with Crippen molar-refractivity contribution >= 4 is 5.69 Å². The Hall–Kier alpha value is -1.90. The molecule has 1 heterocycles. The van der Waals surface area contributed by atoms with Gasteiger partial charge in [-0.15, -0.1) is 0 Å². The third kappa shape index (κ3) is 1.57. The smallest absolute Gasteiger partial charge is 0.220 e. The van der Waals surface area contributed by atoms with E-state index < -0.39 is 5.95 Å². The minimum Gasteiger partial charge on any atom is -0.399 e. The molecule has 0 saturated carbocycles. The Morgan fingerprint density at radius 1 is 1.14 bits per heavy atom. The van der Waals surface area contributed by atoms with E-state index in [2.05, 4.69) is 4.98 Å². The van der Waals surface area contributed by atoms with Gasteiger partial charge in [0.25, 0.3) is 0 Å². The molecular weight excluding hydrogens is 179 g/mol. The number of hydrogen-bond acceptors (Lipinski definition) is 2. The number of nitrogens with zero attached hydrogens (tertiary/aromatic N) is 1. The minimum absolute atomic E-state index is 0.472. The number of rotatable bonds is 1. The van der Waals surface area contributed by atoms with Crippen molar-refractivity contribution in [2.75, 3.05) is 5.73 Å². The summed E-state index contributed by atoms with van der Waals surface area (Å²) in [7, 11) is 0. The highest BCUT2D eigenvalue weighted by molar-refractivity contribution is 5.66. The maximum absolute atomic E-state index is 13.3. The van der Waals surface area contributed by atoms with Crippen molar-refractivity contribution in [3.05, 3.63) is 48.5 Å². The van der Waals surface area contributed by atoms with Crippen LogP contribution in [0.1, 0.15) is 0 Å². The third-order valence-corrected chi connectivity index (χ3v) is 1.96. The van der Waals surface area contributed by atoms with Crippen LogP contribution in [0, 0.1) is 5.95 Å². The first-order valence-electron chi connectivity index (χ1n) is 4.24. The molecule has 0 spiro atoms. The lowest BCUT2D eigenvalue weighted by atomic mass is 10.1. The van der Waals surface area contributed by atoms with Crippen LogP contribution in [0.15, 0.2) is 42.6 Å².